The van der Waals surface area contributed by atoms with Gasteiger partial charge in [-0.1, -0.05) is 0 Å². The van der Waals surface area contributed by atoms with Crippen LogP contribution in [0, 0.1) is 11.8 Å². The van der Waals surface area contributed by atoms with Gasteiger partial charge in [-0.15, -0.1) is 0 Å². The smallest absolute Gasteiger partial charge is 0.303 e. The largest absolute Gasteiger partial charge is 0.481 e. The Balaban J connectivity index is 2.63. The molecule has 0 radical (unpaired) electrons. The van der Waals surface area contributed by atoms with Crippen LogP contribution in [0.3, 0.4) is 0 Å². The number of aliphatic carboxylic acids is 2. The van der Waals surface area contributed by atoms with Gasteiger partial charge in [0.05, 0.1) is 0 Å². The fraction of sp³-hybridized carbons (Fsp3) is 0.800. The van der Waals surface area contributed by atoms with Crippen LogP contribution in [-0.4, -0.2) is 34.7 Å². The predicted octanol–water partition coefficient (Wildman–Crippen LogP) is 0.550. The summed E-state index contributed by atoms with van der Waals surface area (Å²) in [6.07, 6.45) is 0.866. The lowest BCUT2D eigenvalue weighted by atomic mass is 9.77. The summed E-state index contributed by atoms with van der Waals surface area (Å²) in [4.78, 5) is 21.3. The average Bonchev–Trinajstić information content (AvgIpc) is 2.09. The van der Waals surface area contributed by atoms with E-state index in [2.05, 4.69) is 5.32 Å². The molecule has 1 saturated heterocycles. The molecular formula is C10H17NO4. The summed E-state index contributed by atoms with van der Waals surface area (Å²) in [5.41, 5.74) is 0. The summed E-state index contributed by atoms with van der Waals surface area (Å²) in [6.45, 7) is 2.69. The molecule has 0 spiro atoms. The lowest BCUT2D eigenvalue weighted by Gasteiger charge is -2.35. The van der Waals surface area contributed by atoms with E-state index in [1.807, 2.05) is 6.92 Å². The second-order valence-corrected chi connectivity index (χ2v) is 4.15. The molecule has 0 aliphatic carbocycles. The first-order valence-electron chi connectivity index (χ1n) is 5.17. The highest BCUT2D eigenvalue weighted by Gasteiger charge is 2.33. The molecule has 1 aliphatic rings. The number of piperidine rings is 1. The zero-order chi connectivity index (χ0) is 11.4. The monoisotopic (exact) mass is 215 g/mol. The molecule has 5 nitrogen and oxygen atoms in total. The lowest BCUT2D eigenvalue weighted by molar-refractivity contribution is -0.142. The van der Waals surface area contributed by atoms with Crippen LogP contribution in [0.2, 0.25) is 0 Å². The molecular weight excluding hydrogens is 198 g/mol. The van der Waals surface area contributed by atoms with E-state index >= 15 is 0 Å². The second-order valence-electron chi connectivity index (χ2n) is 4.15. The van der Waals surface area contributed by atoms with Crippen molar-refractivity contribution in [3.63, 3.8) is 0 Å². The van der Waals surface area contributed by atoms with Crippen molar-refractivity contribution in [3.05, 3.63) is 0 Å². The Bertz CT molecular complexity index is 254. The number of carbonyl (C=O) groups is 2. The van der Waals surface area contributed by atoms with Crippen molar-refractivity contribution in [2.24, 2.45) is 11.8 Å². The Kier molecular flexibility index (Phi) is 4.08. The third kappa shape index (κ3) is 3.51. The number of hydrogen-bond donors (Lipinski definition) is 3. The van der Waals surface area contributed by atoms with E-state index in [4.69, 9.17) is 10.2 Å². The van der Waals surface area contributed by atoms with Gasteiger partial charge in [-0.3, -0.25) is 9.59 Å². The van der Waals surface area contributed by atoms with Crippen molar-refractivity contribution in [3.8, 4) is 0 Å². The molecule has 5 heteroatoms. The first-order chi connectivity index (χ1) is 7.00. The summed E-state index contributed by atoms with van der Waals surface area (Å²) in [6, 6.07) is 0.0826. The Morgan fingerprint density at radius 2 is 1.87 bits per heavy atom. The van der Waals surface area contributed by atoms with Gasteiger partial charge >= 0.3 is 11.9 Å². The summed E-state index contributed by atoms with van der Waals surface area (Å²) < 4.78 is 0. The van der Waals surface area contributed by atoms with E-state index in [1.54, 1.807) is 0 Å². The molecule has 0 aromatic heterocycles. The van der Waals surface area contributed by atoms with Crippen molar-refractivity contribution in [2.75, 3.05) is 6.54 Å². The lowest BCUT2D eigenvalue weighted by Crippen LogP contribution is -2.45. The molecule has 0 amide bonds. The predicted molar refractivity (Wildman–Crippen MR) is 53.6 cm³/mol. The minimum Gasteiger partial charge on any atom is -0.481 e. The summed E-state index contributed by atoms with van der Waals surface area (Å²) >= 11 is 0. The normalized spacial score (nSPS) is 31.1. The van der Waals surface area contributed by atoms with Gasteiger partial charge in [0.15, 0.2) is 0 Å². The third-order valence-corrected chi connectivity index (χ3v) is 3.08. The highest BCUT2D eigenvalue weighted by molar-refractivity contribution is 5.69. The molecule has 0 unspecified atom stereocenters. The van der Waals surface area contributed by atoms with Crippen molar-refractivity contribution in [2.45, 2.75) is 32.2 Å². The fourth-order valence-electron chi connectivity index (χ4n) is 2.29. The van der Waals surface area contributed by atoms with Gasteiger partial charge in [-0.05, 0) is 31.7 Å². The van der Waals surface area contributed by atoms with Crippen molar-refractivity contribution in [1.29, 1.82) is 0 Å². The number of nitrogens with one attached hydrogen (secondary N) is 1. The van der Waals surface area contributed by atoms with Crippen LogP contribution in [0.15, 0.2) is 0 Å². The summed E-state index contributed by atoms with van der Waals surface area (Å²) in [5, 5.41) is 20.7. The van der Waals surface area contributed by atoms with Gasteiger partial charge in [-0.2, -0.15) is 0 Å². The van der Waals surface area contributed by atoms with E-state index in [9.17, 15) is 9.59 Å². The zero-order valence-electron chi connectivity index (χ0n) is 8.77. The second kappa shape index (κ2) is 5.11. The van der Waals surface area contributed by atoms with Crippen LogP contribution in [0.4, 0.5) is 0 Å². The SMILES string of the molecule is C[C@H]1NCC[C@@H](CC(=O)O)[C@@H]1CC(=O)O. The minimum absolute atomic E-state index is 0.0187. The first-order valence-corrected chi connectivity index (χ1v) is 5.17. The highest BCUT2D eigenvalue weighted by atomic mass is 16.4. The number of hydrogen-bond acceptors (Lipinski definition) is 3. The fourth-order valence-corrected chi connectivity index (χ4v) is 2.29. The van der Waals surface area contributed by atoms with E-state index < -0.39 is 11.9 Å². The number of carboxylic acid groups (broad SMARTS) is 2. The van der Waals surface area contributed by atoms with Gasteiger partial charge in [0, 0.05) is 18.9 Å². The summed E-state index contributed by atoms with van der Waals surface area (Å²) in [5.74, 6) is -1.79. The molecule has 0 bridgehead atoms. The third-order valence-electron chi connectivity index (χ3n) is 3.08. The topological polar surface area (TPSA) is 86.6 Å². The first kappa shape index (κ1) is 12.0. The quantitative estimate of drug-likeness (QED) is 0.637. The minimum atomic E-state index is -0.856. The molecule has 1 aliphatic heterocycles. The average molecular weight is 215 g/mol. The molecule has 1 heterocycles. The van der Waals surface area contributed by atoms with E-state index in [-0.39, 0.29) is 30.7 Å². The molecule has 3 N–H and O–H groups in total. The van der Waals surface area contributed by atoms with Gasteiger partial charge in [0.2, 0.25) is 0 Å². The van der Waals surface area contributed by atoms with Crippen LogP contribution < -0.4 is 5.32 Å². The molecule has 0 aromatic carbocycles. The van der Waals surface area contributed by atoms with E-state index in [0.29, 0.717) is 0 Å². The maximum Gasteiger partial charge on any atom is 0.303 e. The van der Waals surface area contributed by atoms with E-state index in [1.165, 1.54) is 0 Å². The van der Waals surface area contributed by atoms with Gasteiger partial charge in [-0.25, -0.2) is 0 Å². The summed E-state index contributed by atoms with van der Waals surface area (Å²) in [7, 11) is 0. The Morgan fingerprint density at radius 3 is 2.40 bits per heavy atom. The number of carboxylic acids is 2. The van der Waals surface area contributed by atoms with Gasteiger partial charge in [0.1, 0.15) is 0 Å². The van der Waals surface area contributed by atoms with Crippen LogP contribution in [0.25, 0.3) is 0 Å². The molecule has 3 atom stereocenters. The maximum atomic E-state index is 10.7. The van der Waals surface area contributed by atoms with Crippen LogP contribution in [0.1, 0.15) is 26.2 Å². The highest BCUT2D eigenvalue weighted by Crippen LogP contribution is 2.29. The van der Waals surface area contributed by atoms with E-state index in [0.717, 1.165) is 13.0 Å². The molecule has 86 valence electrons. The molecule has 1 fully saturated rings. The molecule has 0 saturated carbocycles. The Labute approximate surface area is 88.5 Å². The van der Waals surface area contributed by atoms with Crippen LogP contribution in [-0.2, 0) is 9.59 Å². The van der Waals surface area contributed by atoms with Crippen molar-refractivity contribution in [1.82, 2.24) is 5.32 Å². The molecule has 1 rings (SSSR count). The maximum absolute atomic E-state index is 10.7. The molecule has 15 heavy (non-hydrogen) atoms. The standard InChI is InChI=1S/C10H17NO4/c1-6-8(5-10(14)15)7(2-3-11-6)4-9(12)13/h6-8,11H,2-5H2,1H3,(H,12,13)(H,14,15)/t6-,7+,8-/m1/s1. The van der Waals surface area contributed by atoms with Crippen molar-refractivity contribution < 1.29 is 19.8 Å². The Morgan fingerprint density at radius 1 is 1.27 bits per heavy atom. The van der Waals surface area contributed by atoms with Gasteiger partial charge in [0.25, 0.3) is 0 Å². The van der Waals surface area contributed by atoms with Gasteiger partial charge < -0.3 is 15.5 Å². The van der Waals surface area contributed by atoms with Crippen molar-refractivity contribution >= 4 is 11.9 Å². The van der Waals surface area contributed by atoms with Crippen LogP contribution in [0.5, 0.6) is 0 Å². The Hall–Kier alpha value is -1.10. The zero-order valence-corrected chi connectivity index (χ0v) is 8.77. The van der Waals surface area contributed by atoms with Crippen LogP contribution >= 0.6 is 0 Å². The number of rotatable bonds is 4. The molecule has 0 aromatic rings.